The molecule has 0 bridgehead atoms. The van der Waals surface area contributed by atoms with Gasteiger partial charge >= 0.3 is 17.9 Å². The molecule has 6 nitrogen and oxygen atoms in total. The molecule has 6 heteroatoms. The summed E-state index contributed by atoms with van der Waals surface area (Å²) in [5.41, 5.74) is 0. The maximum Gasteiger partial charge on any atom is 0.306 e. The molecule has 0 heterocycles. The normalized spacial score (nSPS) is 12.7. The highest BCUT2D eigenvalue weighted by Gasteiger charge is 2.19. The highest BCUT2D eigenvalue weighted by atomic mass is 16.6. The number of carbonyl (C=O) groups excluding carboxylic acids is 3. The Morgan fingerprint density at radius 1 is 0.377 bits per heavy atom. The fraction of sp³-hybridized carbons (Fsp3) is 0.936. The summed E-state index contributed by atoms with van der Waals surface area (Å²) >= 11 is 0. The van der Waals surface area contributed by atoms with E-state index in [1.807, 2.05) is 0 Å². The maximum atomic E-state index is 12.7. The Balaban J connectivity index is 4.31. The molecule has 0 spiro atoms. The van der Waals surface area contributed by atoms with Crippen LogP contribution in [-0.4, -0.2) is 37.2 Å². The summed E-state index contributed by atoms with van der Waals surface area (Å²) in [6.07, 6.45) is 35.3. The molecule has 0 saturated carbocycles. The van der Waals surface area contributed by atoms with E-state index >= 15 is 0 Å². The third-order valence-electron chi connectivity index (χ3n) is 10.8. The maximum absolute atomic E-state index is 12.7. The highest BCUT2D eigenvalue weighted by molar-refractivity contribution is 5.71. The van der Waals surface area contributed by atoms with Gasteiger partial charge in [-0.1, -0.05) is 208 Å². The fourth-order valence-electron chi connectivity index (χ4n) is 6.85. The summed E-state index contributed by atoms with van der Waals surface area (Å²) in [7, 11) is 0. The average Bonchev–Trinajstić information content (AvgIpc) is 3.12. The van der Waals surface area contributed by atoms with Crippen LogP contribution in [0.2, 0.25) is 0 Å². The van der Waals surface area contributed by atoms with E-state index in [1.165, 1.54) is 128 Å². The summed E-state index contributed by atoms with van der Waals surface area (Å²) in [6.45, 7) is 13.6. The van der Waals surface area contributed by atoms with E-state index in [9.17, 15) is 14.4 Å². The van der Waals surface area contributed by atoms with Crippen molar-refractivity contribution in [2.45, 2.75) is 253 Å². The lowest BCUT2D eigenvalue weighted by Gasteiger charge is -2.18. The Morgan fingerprint density at radius 3 is 0.981 bits per heavy atom. The Labute approximate surface area is 329 Å². The van der Waals surface area contributed by atoms with E-state index in [0.717, 1.165) is 75.5 Å². The molecule has 0 aliphatic carbocycles. The Morgan fingerprint density at radius 2 is 0.660 bits per heavy atom. The third-order valence-corrected chi connectivity index (χ3v) is 10.8. The number of unbranched alkanes of at least 4 members (excludes halogenated alkanes) is 22. The number of esters is 3. The molecule has 0 fully saturated rings. The summed E-state index contributed by atoms with van der Waals surface area (Å²) in [5, 5.41) is 0. The van der Waals surface area contributed by atoms with E-state index in [-0.39, 0.29) is 31.1 Å². The number of rotatable bonds is 40. The van der Waals surface area contributed by atoms with Crippen molar-refractivity contribution in [3.63, 3.8) is 0 Å². The molecule has 0 rings (SSSR count). The Hall–Kier alpha value is -1.59. The van der Waals surface area contributed by atoms with E-state index in [0.29, 0.717) is 19.3 Å². The van der Waals surface area contributed by atoms with Crippen LogP contribution < -0.4 is 0 Å². The summed E-state index contributed by atoms with van der Waals surface area (Å²) in [5.74, 6) is 1.55. The van der Waals surface area contributed by atoms with E-state index in [1.54, 1.807) is 0 Å². The molecule has 0 saturated heterocycles. The SMILES string of the molecule is CCC(C)CCCCCCCCC(=O)OC[C@@H](COC(=O)CCCCCCCCC(C)C)OC(=O)CCCCCCCCCCCCCCCC(C)C. The van der Waals surface area contributed by atoms with Crippen molar-refractivity contribution in [2.24, 2.45) is 17.8 Å². The molecule has 0 aromatic heterocycles. The molecule has 53 heavy (non-hydrogen) atoms. The van der Waals surface area contributed by atoms with Crippen molar-refractivity contribution in [3.05, 3.63) is 0 Å². The lowest BCUT2D eigenvalue weighted by Crippen LogP contribution is -2.30. The lowest BCUT2D eigenvalue weighted by molar-refractivity contribution is -0.167. The van der Waals surface area contributed by atoms with Gasteiger partial charge in [0.15, 0.2) is 6.10 Å². The van der Waals surface area contributed by atoms with Crippen LogP contribution in [0.1, 0.15) is 247 Å². The first-order chi connectivity index (χ1) is 25.6. The fourth-order valence-corrected chi connectivity index (χ4v) is 6.85. The topological polar surface area (TPSA) is 78.9 Å². The number of ether oxygens (including phenoxy) is 3. The number of hydrogen-bond acceptors (Lipinski definition) is 6. The second-order valence-electron chi connectivity index (χ2n) is 17.2. The third kappa shape index (κ3) is 39.9. The zero-order chi connectivity index (χ0) is 39.2. The van der Waals surface area contributed by atoms with Gasteiger partial charge in [0.1, 0.15) is 13.2 Å². The van der Waals surface area contributed by atoms with Crippen LogP contribution >= 0.6 is 0 Å². The summed E-state index contributed by atoms with van der Waals surface area (Å²) in [4.78, 5) is 37.7. The predicted molar refractivity (Wildman–Crippen MR) is 224 cm³/mol. The van der Waals surface area contributed by atoms with Crippen LogP contribution in [-0.2, 0) is 28.6 Å². The zero-order valence-electron chi connectivity index (χ0n) is 36.3. The number of hydrogen-bond donors (Lipinski definition) is 0. The second kappa shape index (κ2) is 38.7. The molecule has 0 amide bonds. The standard InChI is InChI=1S/C47H90O6/c1-7-43(6)35-29-23-18-20-25-31-37-46(49)52-40-44(39-51-45(48)36-30-24-19-17-22-28-34-42(4)5)53-47(50)38-32-26-16-14-12-10-8-9-11-13-15-21-27-33-41(2)3/h41-44H,7-40H2,1-6H3/t43?,44-/m1/s1. The molecule has 0 N–H and O–H groups in total. The molecular formula is C47H90O6. The van der Waals surface area contributed by atoms with Crippen molar-refractivity contribution in [3.8, 4) is 0 Å². The molecule has 0 aliphatic rings. The molecule has 0 radical (unpaired) electrons. The molecule has 0 aromatic rings. The van der Waals surface area contributed by atoms with E-state index in [2.05, 4.69) is 41.5 Å². The van der Waals surface area contributed by atoms with Gasteiger partial charge in [-0.2, -0.15) is 0 Å². The first-order valence-electron chi connectivity index (χ1n) is 23.1. The van der Waals surface area contributed by atoms with Crippen molar-refractivity contribution in [2.75, 3.05) is 13.2 Å². The van der Waals surface area contributed by atoms with Crippen LogP contribution in [0.25, 0.3) is 0 Å². The molecule has 2 atom stereocenters. The van der Waals surface area contributed by atoms with Gasteiger partial charge in [-0.15, -0.1) is 0 Å². The van der Waals surface area contributed by atoms with Crippen molar-refractivity contribution in [1.82, 2.24) is 0 Å². The van der Waals surface area contributed by atoms with Gasteiger partial charge in [-0.3, -0.25) is 14.4 Å². The van der Waals surface area contributed by atoms with Gasteiger partial charge in [0, 0.05) is 19.3 Å². The number of carbonyl (C=O) groups is 3. The van der Waals surface area contributed by atoms with Gasteiger partial charge in [0.2, 0.25) is 0 Å². The molecule has 0 aliphatic heterocycles. The van der Waals surface area contributed by atoms with Crippen molar-refractivity contribution in [1.29, 1.82) is 0 Å². The molecule has 0 aromatic carbocycles. The van der Waals surface area contributed by atoms with Gasteiger partial charge in [0.25, 0.3) is 0 Å². The summed E-state index contributed by atoms with van der Waals surface area (Å²) < 4.78 is 16.7. The van der Waals surface area contributed by atoms with Gasteiger partial charge in [-0.25, -0.2) is 0 Å². The Kier molecular flexibility index (Phi) is 37.5. The largest absolute Gasteiger partial charge is 0.462 e. The van der Waals surface area contributed by atoms with Gasteiger partial charge in [0.05, 0.1) is 0 Å². The minimum Gasteiger partial charge on any atom is -0.462 e. The second-order valence-corrected chi connectivity index (χ2v) is 17.2. The first kappa shape index (κ1) is 51.4. The molecular weight excluding hydrogens is 661 g/mol. The van der Waals surface area contributed by atoms with E-state index in [4.69, 9.17) is 14.2 Å². The smallest absolute Gasteiger partial charge is 0.306 e. The quantitative estimate of drug-likeness (QED) is 0.0352. The van der Waals surface area contributed by atoms with Crippen LogP contribution in [0.4, 0.5) is 0 Å². The van der Waals surface area contributed by atoms with E-state index < -0.39 is 6.10 Å². The van der Waals surface area contributed by atoms with Crippen LogP contribution in [0.5, 0.6) is 0 Å². The highest BCUT2D eigenvalue weighted by Crippen LogP contribution is 2.17. The van der Waals surface area contributed by atoms with Crippen molar-refractivity contribution < 1.29 is 28.6 Å². The van der Waals surface area contributed by atoms with Crippen molar-refractivity contribution >= 4 is 17.9 Å². The summed E-state index contributed by atoms with van der Waals surface area (Å²) in [6, 6.07) is 0. The molecule has 1 unspecified atom stereocenters. The minimum atomic E-state index is -0.762. The predicted octanol–water partition coefficient (Wildman–Crippen LogP) is 14.4. The Bertz CT molecular complexity index is 824. The lowest BCUT2D eigenvalue weighted by atomic mass is 10.00. The molecule has 314 valence electrons. The average molecular weight is 751 g/mol. The monoisotopic (exact) mass is 751 g/mol. The van der Waals surface area contributed by atoms with Gasteiger partial charge in [-0.05, 0) is 37.0 Å². The minimum absolute atomic E-state index is 0.0675. The first-order valence-corrected chi connectivity index (χ1v) is 23.1. The zero-order valence-corrected chi connectivity index (χ0v) is 36.3. The van der Waals surface area contributed by atoms with Crippen LogP contribution in [0.3, 0.4) is 0 Å². The van der Waals surface area contributed by atoms with Gasteiger partial charge < -0.3 is 14.2 Å². The van der Waals surface area contributed by atoms with Crippen LogP contribution in [0.15, 0.2) is 0 Å². The van der Waals surface area contributed by atoms with Crippen LogP contribution in [0, 0.1) is 17.8 Å².